The normalized spacial score (nSPS) is 11.4. The highest BCUT2D eigenvalue weighted by Gasteiger charge is 2.34. The van der Waals surface area contributed by atoms with Gasteiger partial charge in [0.25, 0.3) is 0 Å². The Morgan fingerprint density at radius 2 is 1.65 bits per heavy atom. The summed E-state index contributed by atoms with van der Waals surface area (Å²) in [5.41, 5.74) is 2.20. The van der Waals surface area contributed by atoms with Gasteiger partial charge >= 0.3 is 7.60 Å². The largest absolute Gasteiger partial charge is 0.493 e. The van der Waals surface area contributed by atoms with Crippen LogP contribution in [0, 0.1) is 0 Å². The predicted molar refractivity (Wildman–Crippen MR) is 119 cm³/mol. The molecule has 2 aromatic carbocycles. The van der Waals surface area contributed by atoms with Crippen LogP contribution >= 0.6 is 7.60 Å². The third-order valence-corrected chi connectivity index (χ3v) is 6.52. The summed E-state index contributed by atoms with van der Waals surface area (Å²) in [4.78, 5) is 4.42. The molecule has 0 spiro atoms. The van der Waals surface area contributed by atoms with Crippen LogP contribution in [0.25, 0.3) is 0 Å². The SMILES string of the molecule is COc1ccc(CCNc2oc(Cc3ccccc3)nc2P(=O)(OC)OC)cc1OC. The topological polar surface area (TPSA) is 92.1 Å². The molecular formula is C22H27N2O6P. The summed E-state index contributed by atoms with van der Waals surface area (Å²) in [5.74, 6) is 2.03. The van der Waals surface area contributed by atoms with E-state index in [1.165, 1.54) is 14.2 Å². The number of hydrogen-bond donors (Lipinski definition) is 1. The Balaban J connectivity index is 1.78. The maximum atomic E-state index is 13.0. The summed E-state index contributed by atoms with van der Waals surface area (Å²) < 4.78 is 39.8. The highest BCUT2D eigenvalue weighted by atomic mass is 31.2. The highest BCUT2D eigenvalue weighted by Crippen LogP contribution is 2.47. The lowest BCUT2D eigenvalue weighted by Crippen LogP contribution is -2.16. The van der Waals surface area contributed by atoms with Crippen LogP contribution in [0.2, 0.25) is 0 Å². The fourth-order valence-electron chi connectivity index (χ4n) is 3.11. The lowest BCUT2D eigenvalue weighted by atomic mass is 10.1. The van der Waals surface area contributed by atoms with Crippen LogP contribution in [0.15, 0.2) is 52.9 Å². The van der Waals surface area contributed by atoms with Gasteiger partial charge in [0.2, 0.25) is 17.2 Å². The van der Waals surface area contributed by atoms with Crippen molar-refractivity contribution >= 4 is 18.9 Å². The molecule has 0 aliphatic heterocycles. The zero-order chi connectivity index (χ0) is 22.3. The van der Waals surface area contributed by atoms with Crippen molar-refractivity contribution < 1.29 is 27.5 Å². The number of rotatable bonds is 11. The maximum absolute atomic E-state index is 13.0. The fraction of sp³-hybridized carbons (Fsp3) is 0.318. The Kier molecular flexibility index (Phi) is 7.74. The molecule has 0 saturated heterocycles. The maximum Gasteiger partial charge on any atom is 0.384 e. The number of methoxy groups -OCH3 is 2. The van der Waals surface area contributed by atoms with Crippen molar-refractivity contribution in [1.82, 2.24) is 4.98 Å². The second-order valence-electron chi connectivity index (χ2n) is 6.65. The van der Waals surface area contributed by atoms with Gasteiger partial charge in [0.1, 0.15) is 0 Å². The zero-order valence-electron chi connectivity index (χ0n) is 18.1. The predicted octanol–water partition coefficient (Wildman–Crippen LogP) is 4.05. The Morgan fingerprint density at radius 3 is 2.29 bits per heavy atom. The lowest BCUT2D eigenvalue weighted by Gasteiger charge is -2.13. The van der Waals surface area contributed by atoms with Crippen LogP contribution in [-0.4, -0.2) is 40.0 Å². The molecule has 9 heteroatoms. The second-order valence-corrected chi connectivity index (χ2v) is 8.80. The summed E-state index contributed by atoms with van der Waals surface area (Å²) in [6.07, 6.45) is 1.12. The quantitative estimate of drug-likeness (QED) is 0.441. The summed E-state index contributed by atoms with van der Waals surface area (Å²) in [6.45, 7) is 0.510. The van der Waals surface area contributed by atoms with Crippen LogP contribution in [0.4, 0.5) is 5.88 Å². The molecule has 0 fully saturated rings. The number of oxazole rings is 1. The summed E-state index contributed by atoms with van der Waals surface area (Å²) in [7, 11) is 2.25. The van der Waals surface area contributed by atoms with E-state index in [2.05, 4.69) is 10.3 Å². The van der Waals surface area contributed by atoms with Gasteiger partial charge in [-0.3, -0.25) is 4.57 Å². The minimum Gasteiger partial charge on any atom is -0.493 e. The van der Waals surface area contributed by atoms with Crippen LogP contribution in [0.3, 0.4) is 0 Å². The van der Waals surface area contributed by atoms with E-state index in [0.29, 0.717) is 36.8 Å². The molecule has 0 amide bonds. The van der Waals surface area contributed by atoms with Gasteiger partial charge in [-0.2, -0.15) is 0 Å². The summed E-state index contributed by atoms with van der Waals surface area (Å²) >= 11 is 0. The molecule has 1 N–H and O–H groups in total. The first-order valence-electron chi connectivity index (χ1n) is 9.73. The van der Waals surface area contributed by atoms with E-state index in [0.717, 1.165) is 11.1 Å². The van der Waals surface area contributed by atoms with Gasteiger partial charge in [0.15, 0.2) is 11.5 Å². The van der Waals surface area contributed by atoms with Crippen LogP contribution < -0.4 is 20.2 Å². The van der Waals surface area contributed by atoms with Crippen molar-refractivity contribution in [3.63, 3.8) is 0 Å². The minimum atomic E-state index is -3.59. The molecule has 0 aliphatic rings. The summed E-state index contributed by atoms with van der Waals surface area (Å²) in [6, 6.07) is 15.5. The van der Waals surface area contributed by atoms with Crippen molar-refractivity contribution in [2.45, 2.75) is 12.8 Å². The van der Waals surface area contributed by atoms with E-state index in [1.54, 1.807) is 14.2 Å². The van der Waals surface area contributed by atoms with Gasteiger partial charge in [0, 0.05) is 27.2 Å². The first-order chi connectivity index (χ1) is 15.0. The molecule has 31 heavy (non-hydrogen) atoms. The third kappa shape index (κ3) is 5.47. The molecule has 0 radical (unpaired) electrons. The highest BCUT2D eigenvalue weighted by molar-refractivity contribution is 7.62. The molecule has 166 valence electrons. The molecule has 1 heterocycles. The Bertz CT molecular complexity index is 1030. The molecule has 0 atom stereocenters. The minimum absolute atomic E-state index is 0.135. The van der Waals surface area contributed by atoms with E-state index in [9.17, 15) is 4.57 Å². The van der Waals surface area contributed by atoms with E-state index in [-0.39, 0.29) is 11.3 Å². The smallest absolute Gasteiger partial charge is 0.384 e. The number of aromatic nitrogens is 1. The Labute approximate surface area is 182 Å². The third-order valence-electron chi connectivity index (χ3n) is 4.74. The average molecular weight is 446 g/mol. The number of nitrogens with zero attached hydrogens (tertiary/aromatic N) is 1. The molecule has 0 bridgehead atoms. The van der Waals surface area contributed by atoms with E-state index in [1.807, 2.05) is 48.5 Å². The molecule has 3 rings (SSSR count). The Morgan fingerprint density at radius 1 is 0.935 bits per heavy atom. The number of hydrogen-bond acceptors (Lipinski definition) is 8. The number of nitrogens with one attached hydrogen (secondary N) is 1. The molecule has 0 unspecified atom stereocenters. The van der Waals surface area contributed by atoms with Crippen LogP contribution in [0.1, 0.15) is 17.0 Å². The van der Waals surface area contributed by atoms with Crippen molar-refractivity contribution in [3.05, 3.63) is 65.5 Å². The van der Waals surface area contributed by atoms with Gasteiger partial charge < -0.3 is 28.3 Å². The number of benzene rings is 2. The van der Waals surface area contributed by atoms with Crippen molar-refractivity contribution in [2.75, 3.05) is 40.3 Å². The molecule has 0 saturated carbocycles. The van der Waals surface area contributed by atoms with Crippen molar-refractivity contribution in [3.8, 4) is 11.5 Å². The fourth-order valence-corrected chi connectivity index (χ4v) is 4.21. The van der Waals surface area contributed by atoms with Gasteiger partial charge in [-0.25, -0.2) is 4.98 Å². The average Bonchev–Trinajstić information content (AvgIpc) is 3.22. The van der Waals surface area contributed by atoms with Gasteiger partial charge in [-0.15, -0.1) is 0 Å². The first kappa shape index (κ1) is 22.9. The van der Waals surface area contributed by atoms with Gasteiger partial charge in [0.05, 0.1) is 14.2 Å². The molecule has 0 aliphatic carbocycles. The molecule has 3 aromatic rings. The van der Waals surface area contributed by atoms with E-state index >= 15 is 0 Å². The number of anilines is 1. The number of ether oxygens (including phenoxy) is 2. The van der Waals surface area contributed by atoms with E-state index < -0.39 is 7.60 Å². The summed E-state index contributed by atoms with van der Waals surface area (Å²) in [5, 5.41) is 3.17. The van der Waals surface area contributed by atoms with E-state index in [4.69, 9.17) is 22.9 Å². The van der Waals surface area contributed by atoms with Crippen LogP contribution in [0.5, 0.6) is 11.5 Å². The van der Waals surface area contributed by atoms with Crippen molar-refractivity contribution in [1.29, 1.82) is 0 Å². The standard InChI is InChI=1S/C22H27N2O6P/c1-26-18-11-10-17(14-19(18)27-2)12-13-23-21-22(31(25,28-3)29-4)24-20(30-21)15-16-8-6-5-7-9-16/h5-11,14,23H,12-13,15H2,1-4H3. The monoisotopic (exact) mass is 446 g/mol. The second kappa shape index (κ2) is 10.5. The first-order valence-corrected chi connectivity index (χ1v) is 11.3. The van der Waals surface area contributed by atoms with Gasteiger partial charge in [-0.05, 0) is 29.7 Å². The Hall–Kier alpha value is -2.80. The molecule has 1 aromatic heterocycles. The molecular weight excluding hydrogens is 419 g/mol. The zero-order valence-corrected chi connectivity index (χ0v) is 19.0. The lowest BCUT2D eigenvalue weighted by molar-refractivity contribution is 0.286. The van der Waals surface area contributed by atoms with Gasteiger partial charge in [-0.1, -0.05) is 36.4 Å². The van der Waals surface area contributed by atoms with Crippen molar-refractivity contribution in [2.24, 2.45) is 0 Å². The van der Waals surface area contributed by atoms with Crippen LogP contribution in [-0.2, 0) is 26.5 Å². The molecule has 8 nitrogen and oxygen atoms in total.